The number of carbonyl (C=O) groups excluding carboxylic acids is 1. The van der Waals surface area contributed by atoms with E-state index in [1.54, 1.807) is 0 Å². The van der Waals surface area contributed by atoms with Gasteiger partial charge in [-0.1, -0.05) is 12.1 Å². The average Bonchev–Trinajstić information content (AvgIpc) is 3.22. The highest BCUT2D eigenvalue weighted by molar-refractivity contribution is 5.97. The van der Waals surface area contributed by atoms with E-state index in [0.29, 0.717) is 18.7 Å². The number of nitrogens with one attached hydrogen (secondary N) is 1. The van der Waals surface area contributed by atoms with Gasteiger partial charge in [-0.2, -0.15) is 0 Å². The lowest BCUT2D eigenvalue weighted by Gasteiger charge is -2.25. The van der Waals surface area contributed by atoms with Gasteiger partial charge in [-0.3, -0.25) is 19.1 Å². The number of fused-ring (bicyclic) bond motifs is 1. The van der Waals surface area contributed by atoms with E-state index in [4.69, 9.17) is 4.74 Å². The minimum atomic E-state index is -0.547. The van der Waals surface area contributed by atoms with Gasteiger partial charge in [-0.15, -0.1) is 0 Å². The standard InChI is InChI=1S/C21H22N4O4/c1-3-29-15-8-6-13(7-9-15)17-5-4-10-25(17)20(27)14-11-16-18(22-12-14)24(2)21(28)23-19(16)26/h6-9,11-12,17H,3-5,10H2,1-2H3,(H,23,26,28)/t17-/m0/s1. The van der Waals surface area contributed by atoms with Gasteiger partial charge < -0.3 is 9.64 Å². The molecule has 1 fully saturated rings. The number of aryl methyl sites for hydroxylation is 1. The largest absolute Gasteiger partial charge is 0.494 e. The van der Waals surface area contributed by atoms with E-state index >= 15 is 0 Å². The molecule has 0 saturated carbocycles. The molecular weight excluding hydrogens is 372 g/mol. The van der Waals surface area contributed by atoms with Crippen LogP contribution in [0.2, 0.25) is 0 Å². The molecule has 4 rings (SSSR count). The van der Waals surface area contributed by atoms with Gasteiger partial charge in [0.1, 0.15) is 11.4 Å². The maximum absolute atomic E-state index is 13.2. The van der Waals surface area contributed by atoms with E-state index < -0.39 is 11.2 Å². The van der Waals surface area contributed by atoms with Crippen molar-refractivity contribution in [2.24, 2.45) is 7.05 Å². The summed E-state index contributed by atoms with van der Waals surface area (Å²) in [4.78, 5) is 45.4. The van der Waals surface area contributed by atoms with Gasteiger partial charge in [0.2, 0.25) is 0 Å². The molecular formula is C21H22N4O4. The Hall–Kier alpha value is -3.42. The Balaban J connectivity index is 1.66. The Labute approximate surface area is 166 Å². The number of pyridine rings is 1. The molecule has 2 aromatic heterocycles. The molecule has 1 atom stereocenters. The van der Waals surface area contributed by atoms with Crippen molar-refractivity contribution in [3.63, 3.8) is 0 Å². The van der Waals surface area contributed by atoms with Gasteiger partial charge in [0.15, 0.2) is 0 Å². The van der Waals surface area contributed by atoms with Crippen LogP contribution in [0.25, 0.3) is 11.0 Å². The number of aromatic amines is 1. The molecule has 1 aliphatic heterocycles. The van der Waals surface area contributed by atoms with Crippen LogP contribution in [0.1, 0.15) is 41.7 Å². The van der Waals surface area contributed by atoms with Crippen molar-refractivity contribution < 1.29 is 9.53 Å². The first kappa shape index (κ1) is 18.9. The van der Waals surface area contributed by atoms with Crippen molar-refractivity contribution in [1.82, 2.24) is 19.4 Å². The number of hydrogen-bond donors (Lipinski definition) is 1. The molecule has 1 aromatic carbocycles. The molecule has 1 N–H and O–H groups in total. The van der Waals surface area contributed by atoms with Crippen molar-refractivity contribution in [1.29, 1.82) is 0 Å². The molecule has 0 bridgehead atoms. The summed E-state index contributed by atoms with van der Waals surface area (Å²) in [7, 11) is 1.53. The number of carbonyl (C=O) groups is 1. The number of H-pyrrole nitrogens is 1. The first-order valence-corrected chi connectivity index (χ1v) is 9.62. The minimum absolute atomic E-state index is 0.0349. The number of rotatable bonds is 4. The van der Waals surface area contributed by atoms with Gasteiger partial charge in [-0.05, 0) is 43.5 Å². The number of amides is 1. The van der Waals surface area contributed by atoms with Crippen molar-refractivity contribution >= 4 is 16.9 Å². The summed E-state index contributed by atoms with van der Waals surface area (Å²) >= 11 is 0. The number of hydrogen-bond acceptors (Lipinski definition) is 5. The molecule has 1 aliphatic rings. The number of ether oxygens (including phenoxy) is 1. The number of benzene rings is 1. The monoisotopic (exact) mass is 394 g/mol. The molecule has 8 nitrogen and oxygen atoms in total. The van der Waals surface area contributed by atoms with E-state index in [2.05, 4.69) is 9.97 Å². The fraction of sp³-hybridized carbons (Fsp3) is 0.333. The molecule has 0 radical (unpaired) electrons. The lowest BCUT2D eigenvalue weighted by atomic mass is 10.0. The highest BCUT2D eigenvalue weighted by Crippen LogP contribution is 2.34. The SMILES string of the molecule is CCOc1ccc([C@@H]2CCCN2C(=O)c2cnc3c(c2)c(=O)[nH]c(=O)n3C)cc1. The van der Waals surface area contributed by atoms with E-state index in [9.17, 15) is 14.4 Å². The van der Waals surface area contributed by atoms with Crippen molar-refractivity contribution in [3.8, 4) is 5.75 Å². The third kappa shape index (κ3) is 3.41. The van der Waals surface area contributed by atoms with E-state index in [-0.39, 0.29) is 23.0 Å². The second kappa shape index (κ2) is 7.54. The molecule has 150 valence electrons. The zero-order chi connectivity index (χ0) is 20.5. The molecule has 1 saturated heterocycles. The average molecular weight is 394 g/mol. The Morgan fingerprint density at radius 3 is 2.76 bits per heavy atom. The zero-order valence-corrected chi connectivity index (χ0v) is 16.3. The van der Waals surface area contributed by atoms with Gasteiger partial charge >= 0.3 is 5.69 Å². The normalized spacial score (nSPS) is 16.3. The van der Waals surface area contributed by atoms with Crippen molar-refractivity contribution in [2.75, 3.05) is 13.2 Å². The second-order valence-electron chi connectivity index (χ2n) is 7.07. The molecule has 29 heavy (non-hydrogen) atoms. The summed E-state index contributed by atoms with van der Waals surface area (Å²) in [6, 6.07) is 9.28. The Kier molecular flexibility index (Phi) is 4.92. The number of aromatic nitrogens is 3. The van der Waals surface area contributed by atoms with Crippen LogP contribution in [-0.2, 0) is 7.05 Å². The van der Waals surface area contributed by atoms with Gasteiger partial charge in [0, 0.05) is 19.8 Å². The van der Waals surface area contributed by atoms with Gasteiger partial charge in [-0.25, -0.2) is 9.78 Å². The molecule has 0 spiro atoms. The van der Waals surface area contributed by atoms with E-state index in [0.717, 1.165) is 24.2 Å². The van der Waals surface area contributed by atoms with Crippen LogP contribution < -0.4 is 16.0 Å². The number of likely N-dealkylation sites (tertiary alicyclic amines) is 1. The molecule has 8 heteroatoms. The third-order valence-corrected chi connectivity index (χ3v) is 5.29. The van der Waals surface area contributed by atoms with Crippen LogP contribution in [0.5, 0.6) is 5.75 Å². The van der Waals surface area contributed by atoms with Crippen LogP contribution in [0.4, 0.5) is 0 Å². The Morgan fingerprint density at radius 2 is 2.03 bits per heavy atom. The summed E-state index contributed by atoms with van der Waals surface area (Å²) in [5, 5.41) is 0.217. The van der Waals surface area contributed by atoms with Gasteiger partial charge in [0.25, 0.3) is 11.5 Å². The number of nitrogens with zero attached hydrogens (tertiary/aromatic N) is 3. The molecule has 3 aromatic rings. The Bertz CT molecular complexity index is 1180. The topological polar surface area (TPSA) is 97.3 Å². The zero-order valence-electron chi connectivity index (χ0n) is 16.3. The second-order valence-corrected chi connectivity index (χ2v) is 7.07. The lowest BCUT2D eigenvalue weighted by Crippen LogP contribution is -2.32. The fourth-order valence-electron chi connectivity index (χ4n) is 3.83. The van der Waals surface area contributed by atoms with Crippen LogP contribution in [-0.4, -0.2) is 38.5 Å². The summed E-state index contributed by atoms with van der Waals surface area (Å²) in [6.07, 6.45) is 3.20. The molecule has 0 aliphatic carbocycles. The summed E-state index contributed by atoms with van der Waals surface area (Å²) in [5.41, 5.74) is 0.548. The van der Waals surface area contributed by atoms with Crippen molar-refractivity contribution in [2.45, 2.75) is 25.8 Å². The smallest absolute Gasteiger partial charge is 0.329 e. The van der Waals surface area contributed by atoms with Crippen molar-refractivity contribution in [3.05, 3.63) is 68.5 Å². The Morgan fingerprint density at radius 1 is 1.28 bits per heavy atom. The maximum Gasteiger partial charge on any atom is 0.329 e. The van der Waals surface area contributed by atoms with Crippen LogP contribution in [0.3, 0.4) is 0 Å². The van der Waals surface area contributed by atoms with E-state index in [1.807, 2.05) is 36.1 Å². The summed E-state index contributed by atoms with van der Waals surface area (Å²) in [5.74, 6) is 0.625. The van der Waals surface area contributed by atoms with Crippen LogP contribution >= 0.6 is 0 Å². The minimum Gasteiger partial charge on any atom is -0.494 e. The maximum atomic E-state index is 13.2. The predicted octanol–water partition coefficient (Wildman–Crippen LogP) is 2.00. The summed E-state index contributed by atoms with van der Waals surface area (Å²) in [6.45, 7) is 3.18. The van der Waals surface area contributed by atoms with Gasteiger partial charge in [0.05, 0.1) is 23.6 Å². The van der Waals surface area contributed by atoms with Crippen LogP contribution in [0.15, 0.2) is 46.1 Å². The molecule has 3 heterocycles. The molecule has 0 unspecified atom stereocenters. The van der Waals surface area contributed by atoms with E-state index in [1.165, 1.54) is 23.9 Å². The predicted molar refractivity (Wildman–Crippen MR) is 108 cm³/mol. The first-order valence-electron chi connectivity index (χ1n) is 9.62. The highest BCUT2D eigenvalue weighted by Gasteiger charge is 2.31. The van der Waals surface area contributed by atoms with Crippen LogP contribution in [0, 0.1) is 0 Å². The fourth-order valence-corrected chi connectivity index (χ4v) is 3.83. The highest BCUT2D eigenvalue weighted by atomic mass is 16.5. The third-order valence-electron chi connectivity index (χ3n) is 5.29. The molecule has 1 amide bonds. The quantitative estimate of drug-likeness (QED) is 0.730. The summed E-state index contributed by atoms with van der Waals surface area (Å²) < 4.78 is 6.75. The first-order chi connectivity index (χ1) is 14.0. The lowest BCUT2D eigenvalue weighted by molar-refractivity contribution is 0.0735.